The summed E-state index contributed by atoms with van der Waals surface area (Å²) >= 11 is 0. The van der Waals surface area contributed by atoms with Gasteiger partial charge in [0.2, 0.25) is 0 Å². The second-order valence-electron chi connectivity index (χ2n) is 3.63. The number of hydrogen-bond donors (Lipinski definition) is 2. The van der Waals surface area contributed by atoms with E-state index in [-0.39, 0.29) is 6.61 Å². The lowest BCUT2D eigenvalue weighted by Gasteiger charge is -2.08. The molecule has 76 valence electrons. The summed E-state index contributed by atoms with van der Waals surface area (Å²) in [6.45, 7) is 4.33. The molecule has 0 aliphatic heterocycles. The molecule has 0 aliphatic carbocycles. The van der Waals surface area contributed by atoms with Gasteiger partial charge < -0.3 is 10.8 Å². The van der Waals surface area contributed by atoms with Gasteiger partial charge in [-0.3, -0.25) is 0 Å². The molecule has 0 fully saturated rings. The van der Waals surface area contributed by atoms with Crippen LogP contribution in [0.4, 0.5) is 5.69 Å². The topological polar surface area (TPSA) is 46.2 Å². The fraction of sp³-hybridized carbons (Fsp3) is 0.333. The Balaban J connectivity index is 3.02. The van der Waals surface area contributed by atoms with Crippen LogP contribution in [0.1, 0.15) is 30.9 Å². The van der Waals surface area contributed by atoms with Crippen molar-refractivity contribution in [3.05, 3.63) is 35.4 Å². The second kappa shape index (κ2) is 4.82. The maximum atomic E-state index is 8.67. The van der Waals surface area contributed by atoms with Crippen molar-refractivity contribution in [2.45, 2.75) is 19.8 Å². The van der Waals surface area contributed by atoms with Gasteiger partial charge in [-0.05, 0) is 29.2 Å². The van der Waals surface area contributed by atoms with Crippen LogP contribution < -0.4 is 5.73 Å². The van der Waals surface area contributed by atoms with Gasteiger partial charge in [0.25, 0.3) is 0 Å². The Labute approximate surface area is 85.1 Å². The first kappa shape index (κ1) is 10.8. The van der Waals surface area contributed by atoms with E-state index in [4.69, 9.17) is 10.8 Å². The van der Waals surface area contributed by atoms with Crippen LogP contribution in [0.2, 0.25) is 0 Å². The predicted molar refractivity (Wildman–Crippen MR) is 61.1 cm³/mol. The Morgan fingerprint density at radius 2 is 2.14 bits per heavy atom. The number of nitrogen functional groups attached to an aromatic ring is 1. The summed E-state index contributed by atoms with van der Waals surface area (Å²) in [6, 6.07) is 6.01. The van der Waals surface area contributed by atoms with Crippen molar-refractivity contribution >= 4 is 11.8 Å². The van der Waals surface area contributed by atoms with E-state index < -0.39 is 0 Å². The van der Waals surface area contributed by atoms with Crippen molar-refractivity contribution in [3.8, 4) is 0 Å². The first-order valence-corrected chi connectivity index (χ1v) is 4.82. The quantitative estimate of drug-likeness (QED) is 0.721. The second-order valence-corrected chi connectivity index (χ2v) is 3.63. The van der Waals surface area contributed by atoms with E-state index in [1.54, 1.807) is 6.08 Å². The van der Waals surface area contributed by atoms with Crippen LogP contribution in [0.3, 0.4) is 0 Å². The Hall–Kier alpha value is -1.28. The number of aliphatic hydroxyl groups excluding tert-OH is 1. The fourth-order valence-corrected chi connectivity index (χ4v) is 1.28. The van der Waals surface area contributed by atoms with E-state index in [9.17, 15) is 0 Å². The molecular formula is C12H17NO. The molecular weight excluding hydrogens is 174 g/mol. The molecule has 0 amide bonds. The highest BCUT2D eigenvalue weighted by Crippen LogP contribution is 2.21. The largest absolute Gasteiger partial charge is 0.398 e. The van der Waals surface area contributed by atoms with E-state index in [0.717, 1.165) is 11.3 Å². The monoisotopic (exact) mass is 191 g/mol. The van der Waals surface area contributed by atoms with E-state index in [2.05, 4.69) is 19.9 Å². The Bertz CT molecular complexity index is 329. The van der Waals surface area contributed by atoms with E-state index in [1.165, 1.54) is 5.56 Å². The zero-order valence-electron chi connectivity index (χ0n) is 8.70. The highest BCUT2D eigenvalue weighted by Gasteiger charge is 2.01. The molecule has 1 aromatic rings. The summed E-state index contributed by atoms with van der Waals surface area (Å²) in [7, 11) is 0. The predicted octanol–water partition coefficient (Wildman–Crippen LogP) is 2.40. The molecule has 2 nitrogen and oxygen atoms in total. The Morgan fingerprint density at radius 1 is 1.43 bits per heavy atom. The van der Waals surface area contributed by atoms with E-state index >= 15 is 0 Å². The first-order chi connectivity index (χ1) is 6.65. The molecule has 2 heteroatoms. The van der Waals surface area contributed by atoms with Gasteiger partial charge in [-0.25, -0.2) is 0 Å². The van der Waals surface area contributed by atoms with Crippen LogP contribution in [0, 0.1) is 0 Å². The minimum atomic E-state index is 0.0470. The van der Waals surface area contributed by atoms with Crippen LogP contribution in [-0.2, 0) is 0 Å². The molecule has 3 N–H and O–H groups in total. The third-order valence-electron chi connectivity index (χ3n) is 2.18. The summed E-state index contributed by atoms with van der Waals surface area (Å²) in [6.07, 6.45) is 3.54. The van der Waals surface area contributed by atoms with E-state index in [0.29, 0.717) is 5.92 Å². The minimum absolute atomic E-state index is 0.0470. The highest BCUT2D eigenvalue weighted by molar-refractivity contribution is 5.65. The van der Waals surface area contributed by atoms with Gasteiger partial charge in [0.1, 0.15) is 0 Å². The first-order valence-electron chi connectivity index (χ1n) is 4.82. The molecule has 0 spiro atoms. The third-order valence-corrected chi connectivity index (χ3v) is 2.18. The Morgan fingerprint density at radius 3 is 2.71 bits per heavy atom. The smallest absolute Gasteiger partial charge is 0.0615 e. The minimum Gasteiger partial charge on any atom is -0.398 e. The fourth-order valence-electron chi connectivity index (χ4n) is 1.28. The van der Waals surface area contributed by atoms with Gasteiger partial charge in [-0.1, -0.05) is 32.1 Å². The van der Waals surface area contributed by atoms with Gasteiger partial charge in [0.15, 0.2) is 0 Å². The van der Waals surface area contributed by atoms with Crippen LogP contribution in [0.25, 0.3) is 6.08 Å². The molecule has 0 radical (unpaired) electrons. The lowest BCUT2D eigenvalue weighted by Crippen LogP contribution is -1.93. The standard InChI is InChI=1S/C12H17NO/c1-9(2)10-5-6-12(13)11(8-10)4-3-7-14/h3-6,8-9,14H,7,13H2,1-2H3. The van der Waals surface area contributed by atoms with Crippen LogP contribution in [0.5, 0.6) is 0 Å². The van der Waals surface area contributed by atoms with Crippen molar-refractivity contribution < 1.29 is 5.11 Å². The highest BCUT2D eigenvalue weighted by atomic mass is 16.2. The van der Waals surface area contributed by atoms with Crippen molar-refractivity contribution in [1.29, 1.82) is 0 Å². The summed E-state index contributed by atoms with van der Waals surface area (Å²) in [5.41, 5.74) is 8.78. The SMILES string of the molecule is CC(C)c1ccc(N)c(C=CCO)c1. The molecule has 0 saturated carbocycles. The molecule has 0 saturated heterocycles. The molecule has 0 aliphatic rings. The zero-order valence-corrected chi connectivity index (χ0v) is 8.70. The average Bonchev–Trinajstić information content (AvgIpc) is 2.16. The average molecular weight is 191 g/mol. The number of rotatable bonds is 3. The van der Waals surface area contributed by atoms with Crippen molar-refractivity contribution in [2.75, 3.05) is 12.3 Å². The molecule has 0 bridgehead atoms. The maximum Gasteiger partial charge on any atom is 0.0615 e. The van der Waals surface area contributed by atoms with Crippen LogP contribution in [0.15, 0.2) is 24.3 Å². The van der Waals surface area contributed by atoms with Crippen LogP contribution in [-0.4, -0.2) is 11.7 Å². The van der Waals surface area contributed by atoms with Gasteiger partial charge in [-0.2, -0.15) is 0 Å². The molecule has 0 aromatic heterocycles. The van der Waals surface area contributed by atoms with Crippen molar-refractivity contribution in [2.24, 2.45) is 0 Å². The van der Waals surface area contributed by atoms with Crippen molar-refractivity contribution in [1.82, 2.24) is 0 Å². The molecule has 0 unspecified atom stereocenters. The molecule has 1 aromatic carbocycles. The lowest BCUT2D eigenvalue weighted by atomic mass is 9.99. The number of hydrogen-bond acceptors (Lipinski definition) is 2. The van der Waals surface area contributed by atoms with E-state index in [1.807, 2.05) is 18.2 Å². The van der Waals surface area contributed by atoms with Gasteiger partial charge in [-0.15, -0.1) is 0 Å². The molecule has 0 atom stereocenters. The van der Waals surface area contributed by atoms with Crippen molar-refractivity contribution in [3.63, 3.8) is 0 Å². The number of anilines is 1. The summed E-state index contributed by atoms with van der Waals surface area (Å²) in [5.74, 6) is 0.497. The third kappa shape index (κ3) is 2.60. The van der Waals surface area contributed by atoms with Gasteiger partial charge >= 0.3 is 0 Å². The summed E-state index contributed by atoms with van der Waals surface area (Å²) in [4.78, 5) is 0. The lowest BCUT2D eigenvalue weighted by molar-refractivity contribution is 0.343. The number of nitrogens with two attached hydrogens (primary N) is 1. The maximum absolute atomic E-state index is 8.67. The molecule has 1 rings (SSSR count). The zero-order chi connectivity index (χ0) is 10.6. The van der Waals surface area contributed by atoms with Gasteiger partial charge in [0.05, 0.1) is 6.61 Å². The molecule has 0 heterocycles. The van der Waals surface area contributed by atoms with Gasteiger partial charge in [0, 0.05) is 5.69 Å². The number of benzene rings is 1. The number of aliphatic hydroxyl groups is 1. The molecule has 14 heavy (non-hydrogen) atoms. The normalized spacial score (nSPS) is 11.4. The summed E-state index contributed by atoms with van der Waals surface area (Å²) < 4.78 is 0. The summed E-state index contributed by atoms with van der Waals surface area (Å²) in [5, 5.41) is 8.67. The Kier molecular flexibility index (Phi) is 3.72. The van der Waals surface area contributed by atoms with Crippen LogP contribution >= 0.6 is 0 Å².